The molecule has 8 nitrogen and oxygen atoms in total. The average Bonchev–Trinajstić information content (AvgIpc) is 2.92. The first-order valence-electron chi connectivity index (χ1n) is 13.8. The minimum absolute atomic E-state index is 0.125. The van der Waals surface area contributed by atoms with Crippen LogP contribution >= 0.6 is 23.4 Å². The van der Waals surface area contributed by atoms with Crippen LogP contribution in [-0.4, -0.2) is 61.7 Å². The molecular weight excluding hydrogens is 558 g/mol. The third kappa shape index (κ3) is 9.06. The third-order valence-electron chi connectivity index (χ3n) is 7.56. The van der Waals surface area contributed by atoms with Gasteiger partial charge in [-0.25, -0.2) is 0 Å². The quantitative estimate of drug-likeness (QED) is 0.0742. The Balaban J connectivity index is 2.15. The van der Waals surface area contributed by atoms with Crippen molar-refractivity contribution in [3.63, 3.8) is 0 Å². The second-order valence-corrected chi connectivity index (χ2v) is 16.2. The number of hydrogen-bond acceptors (Lipinski definition) is 8. The number of ether oxygens (including phenoxy) is 2. The summed E-state index contributed by atoms with van der Waals surface area (Å²) in [7, 11) is -2.02. The van der Waals surface area contributed by atoms with E-state index in [1.54, 1.807) is 31.2 Å². The fourth-order valence-corrected chi connectivity index (χ4v) is 8.79. The van der Waals surface area contributed by atoms with Gasteiger partial charge in [0, 0.05) is 22.3 Å². The molecule has 1 aromatic rings. The molecule has 1 aliphatic heterocycles. The summed E-state index contributed by atoms with van der Waals surface area (Å²) in [6, 6.07) is 9.25. The standard InChI is InChI=1S/C28H42ClNO7SSi/c1-7-11-12-23(31)35-18-36-24(32)17-30-26(19(5)28(34)38-22-15-13-21(29)14-16-22)25(27(30)33)20(6)37-39(8-2,9-3)10-4/h13-16,19-20,25-26H,7-12,17-18H2,1-6H3/t19?,20?,25?,26-/m1/s1. The summed E-state index contributed by atoms with van der Waals surface area (Å²) in [6.45, 7) is 11.2. The Morgan fingerprint density at radius 2 is 1.59 bits per heavy atom. The van der Waals surface area contributed by atoms with Gasteiger partial charge < -0.3 is 18.8 Å². The number of carbonyl (C=O) groups is 4. The van der Waals surface area contributed by atoms with E-state index >= 15 is 0 Å². The van der Waals surface area contributed by atoms with E-state index in [4.69, 9.17) is 25.5 Å². The van der Waals surface area contributed by atoms with E-state index in [9.17, 15) is 19.2 Å². The van der Waals surface area contributed by atoms with Crippen LogP contribution in [0.4, 0.5) is 0 Å². The molecule has 1 fully saturated rings. The van der Waals surface area contributed by atoms with Gasteiger partial charge in [-0.05, 0) is 55.7 Å². The first-order chi connectivity index (χ1) is 18.5. The lowest BCUT2D eigenvalue weighted by atomic mass is 9.77. The normalized spacial score (nSPS) is 18.7. The van der Waals surface area contributed by atoms with Crippen LogP contribution in [0.25, 0.3) is 0 Å². The van der Waals surface area contributed by atoms with Gasteiger partial charge in [0.15, 0.2) is 13.4 Å². The Morgan fingerprint density at radius 3 is 2.15 bits per heavy atom. The smallest absolute Gasteiger partial charge is 0.328 e. The molecule has 1 aromatic carbocycles. The minimum atomic E-state index is -2.02. The summed E-state index contributed by atoms with van der Waals surface area (Å²) in [5.74, 6) is -2.51. The second kappa shape index (κ2) is 15.8. The zero-order valence-electron chi connectivity index (χ0n) is 23.9. The molecule has 0 aliphatic carbocycles. The summed E-state index contributed by atoms with van der Waals surface area (Å²) in [6.07, 6.45) is 1.40. The van der Waals surface area contributed by atoms with Crippen LogP contribution in [0, 0.1) is 11.8 Å². The van der Waals surface area contributed by atoms with Crippen LogP contribution in [0.1, 0.15) is 60.8 Å². The number of esters is 2. The molecule has 0 bridgehead atoms. The highest BCUT2D eigenvalue weighted by Crippen LogP contribution is 2.40. The number of halogens is 1. The fourth-order valence-electron chi connectivity index (χ4n) is 4.90. The number of β-lactam (4-membered cyclic amide) rings is 1. The molecule has 218 valence electrons. The summed E-state index contributed by atoms with van der Waals surface area (Å²) >= 11 is 7.06. The van der Waals surface area contributed by atoms with Crippen LogP contribution in [-0.2, 0) is 33.1 Å². The molecule has 0 N–H and O–H groups in total. The zero-order valence-corrected chi connectivity index (χ0v) is 26.4. The molecule has 0 radical (unpaired) electrons. The van der Waals surface area contributed by atoms with Crippen LogP contribution in [0.2, 0.25) is 23.2 Å². The van der Waals surface area contributed by atoms with Crippen molar-refractivity contribution in [2.24, 2.45) is 11.8 Å². The molecular formula is C28H42ClNO7SSi. The number of nitrogens with zero attached hydrogens (tertiary/aromatic N) is 1. The predicted molar refractivity (Wildman–Crippen MR) is 155 cm³/mol. The van der Waals surface area contributed by atoms with Gasteiger partial charge in [-0.3, -0.25) is 19.2 Å². The van der Waals surface area contributed by atoms with Crippen molar-refractivity contribution in [1.29, 1.82) is 0 Å². The number of hydrogen-bond donors (Lipinski definition) is 0. The van der Waals surface area contributed by atoms with Gasteiger partial charge in [-0.1, -0.05) is 64.4 Å². The maximum absolute atomic E-state index is 13.4. The molecule has 1 heterocycles. The fraction of sp³-hybridized carbons (Fsp3) is 0.643. The largest absolute Gasteiger partial charge is 0.428 e. The van der Waals surface area contributed by atoms with E-state index < -0.39 is 51.0 Å². The Labute approximate surface area is 242 Å². The van der Waals surface area contributed by atoms with Crippen molar-refractivity contribution < 1.29 is 33.1 Å². The Kier molecular flexibility index (Phi) is 13.5. The maximum atomic E-state index is 13.4. The van der Waals surface area contributed by atoms with Crippen LogP contribution in [0.5, 0.6) is 0 Å². The summed E-state index contributed by atoms with van der Waals surface area (Å²) in [5.41, 5.74) is 0. The van der Waals surface area contributed by atoms with Crippen molar-refractivity contribution in [3.8, 4) is 0 Å². The van der Waals surface area contributed by atoms with Crippen molar-refractivity contribution in [1.82, 2.24) is 4.90 Å². The summed E-state index contributed by atoms with van der Waals surface area (Å²) in [4.78, 5) is 53.0. The molecule has 1 amide bonds. The van der Waals surface area contributed by atoms with Crippen molar-refractivity contribution in [2.75, 3.05) is 13.3 Å². The van der Waals surface area contributed by atoms with E-state index in [2.05, 4.69) is 20.8 Å². The Hall–Kier alpha value is -1.88. The SMILES string of the molecule is CCCCC(=O)OCOC(=O)CN1C(=O)C(C(C)O[Si](CC)(CC)CC)[C@H]1C(C)C(=O)Sc1ccc(Cl)cc1. The molecule has 1 aliphatic rings. The molecule has 1 saturated heterocycles. The van der Waals surface area contributed by atoms with E-state index in [0.717, 1.165) is 41.2 Å². The summed E-state index contributed by atoms with van der Waals surface area (Å²) < 4.78 is 16.6. The third-order valence-corrected chi connectivity index (χ3v) is 13.6. The summed E-state index contributed by atoms with van der Waals surface area (Å²) in [5, 5.41) is 0.451. The molecule has 39 heavy (non-hydrogen) atoms. The van der Waals surface area contributed by atoms with E-state index in [-0.39, 0.29) is 24.0 Å². The van der Waals surface area contributed by atoms with Crippen molar-refractivity contribution >= 4 is 54.6 Å². The Bertz CT molecular complexity index is 980. The van der Waals surface area contributed by atoms with E-state index in [1.807, 2.05) is 13.8 Å². The number of amides is 1. The zero-order chi connectivity index (χ0) is 29.2. The molecule has 0 aromatic heterocycles. The monoisotopic (exact) mass is 599 g/mol. The van der Waals surface area contributed by atoms with Crippen molar-refractivity contribution in [2.45, 2.75) is 96.0 Å². The van der Waals surface area contributed by atoms with Crippen LogP contribution < -0.4 is 0 Å². The van der Waals surface area contributed by atoms with Crippen LogP contribution in [0.3, 0.4) is 0 Å². The van der Waals surface area contributed by atoms with Gasteiger partial charge in [0.2, 0.25) is 12.7 Å². The Morgan fingerprint density at radius 1 is 1.00 bits per heavy atom. The van der Waals surface area contributed by atoms with Gasteiger partial charge in [0.1, 0.15) is 6.54 Å². The van der Waals surface area contributed by atoms with Gasteiger partial charge >= 0.3 is 11.9 Å². The minimum Gasteiger partial charge on any atom is -0.428 e. The molecule has 3 unspecified atom stereocenters. The number of unbranched alkanes of at least 4 members (excludes halogenated alkanes) is 1. The molecule has 4 atom stereocenters. The highest BCUT2D eigenvalue weighted by Gasteiger charge is 2.55. The van der Waals surface area contributed by atoms with Gasteiger partial charge in [0.05, 0.1) is 18.1 Å². The van der Waals surface area contributed by atoms with Gasteiger partial charge in [-0.15, -0.1) is 0 Å². The predicted octanol–water partition coefficient (Wildman–Crippen LogP) is 6.07. The second-order valence-electron chi connectivity index (χ2n) is 9.97. The van der Waals surface area contributed by atoms with Gasteiger partial charge in [0.25, 0.3) is 0 Å². The van der Waals surface area contributed by atoms with E-state index in [1.165, 1.54) is 4.90 Å². The number of likely N-dealkylation sites (tertiary alicyclic amines) is 1. The lowest BCUT2D eigenvalue weighted by molar-refractivity contribution is -0.180. The first-order valence-corrected chi connectivity index (χ1v) is 17.5. The van der Waals surface area contributed by atoms with Gasteiger partial charge in [-0.2, -0.15) is 0 Å². The highest BCUT2D eigenvalue weighted by molar-refractivity contribution is 8.13. The van der Waals surface area contributed by atoms with Crippen LogP contribution in [0.15, 0.2) is 29.2 Å². The topological polar surface area (TPSA) is 99.2 Å². The molecule has 0 saturated carbocycles. The number of carbonyl (C=O) groups excluding carboxylic acids is 4. The first kappa shape index (κ1) is 33.3. The highest BCUT2D eigenvalue weighted by atomic mass is 35.5. The van der Waals surface area contributed by atoms with Crippen molar-refractivity contribution in [3.05, 3.63) is 29.3 Å². The number of benzene rings is 1. The maximum Gasteiger partial charge on any atom is 0.328 e. The number of thioether (sulfide) groups is 1. The van der Waals surface area contributed by atoms with E-state index in [0.29, 0.717) is 11.4 Å². The number of rotatable bonds is 16. The molecule has 0 spiro atoms. The average molecular weight is 600 g/mol. The molecule has 2 rings (SSSR count). The molecule has 11 heteroatoms. The lowest BCUT2D eigenvalue weighted by Gasteiger charge is -2.52. The lowest BCUT2D eigenvalue weighted by Crippen LogP contribution is -2.69.